The monoisotopic (exact) mass is 363 g/mol. The first-order chi connectivity index (χ1) is 13.0. The number of carbonyl (C=O) groups is 1. The second kappa shape index (κ2) is 7.92. The summed E-state index contributed by atoms with van der Waals surface area (Å²) < 4.78 is 6.71. The van der Waals surface area contributed by atoms with Crippen molar-refractivity contribution in [2.45, 2.75) is 32.9 Å². The standard InChI is InChI=1S/C21H21N3O3/c1-3-23(15(2)17-10-8-16(14-22)9-11-17)20(25)12-13-24-18-6-4-5-7-19(18)27-21(24)26/h4-11,15H,3,12-13H2,1-2H3. The van der Waals surface area contributed by atoms with E-state index in [0.717, 1.165) is 5.56 Å². The highest BCUT2D eigenvalue weighted by atomic mass is 16.4. The maximum absolute atomic E-state index is 12.8. The van der Waals surface area contributed by atoms with Gasteiger partial charge in [-0.05, 0) is 43.7 Å². The average molecular weight is 363 g/mol. The first-order valence-corrected chi connectivity index (χ1v) is 8.93. The number of aryl methyl sites for hydroxylation is 1. The van der Waals surface area contributed by atoms with Crippen LogP contribution in [-0.2, 0) is 11.3 Å². The molecule has 3 aromatic rings. The highest BCUT2D eigenvalue weighted by Gasteiger charge is 2.20. The predicted octanol–water partition coefficient (Wildman–Crippen LogP) is 3.47. The third-order valence-electron chi connectivity index (χ3n) is 4.77. The van der Waals surface area contributed by atoms with Crippen molar-refractivity contribution in [3.05, 3.63) is 70.2 Å². The van der Waals surface area contributed by atoms with E-state index in [4.69, 9.17) is 9.68 Å². The number of nitriles is 1. The fourth-order valence-electron chi connectivity index (χ4n) is 3.26. The second-order valence-electron chi connectivity index (χ2n) is 6.33. The van der Waals surface area contributed by atoms with E-state index in [2.05, 4.69) is 6.07 Å². The number of amides is 1. The quantitative estimate of drug-likeness (QED) is 0.672. The third-order valence-corrected chi connectivity index (χ3v) is 4.77. The van der Waals surface area contributed by atoms with Crippen LogP contribution in [0.2, 0.25) is 0 Å². The zero-order valence-corrected chi connectivity index (χ0v) is 15.4. The largest absolute Gasteiger partial charge is 0.419 e. The van der Waals surface area contributed by atoms with Crippen LogP contribution in [0.1, 0.15) is 37.4 Å². The molecule has 0 saturated carbocycles. The number of oxazole rings is 1. The number of rotatable bonds is 6. The van der Waals surface area contributed by atoms with Crippen molar-refractivity contribution >= 4 is 17.0 Å². The van der Waals surface area contributed by atoms with Crippen LogP contribution in [0.25, 0.3) is 11.1 Å². The molecule has 2 aromatic carbocycles. The van der Waals surface area contributed by atoms with Crippen molar-refractivity contribution in [3.63, 3.8) is 0 Å². The molecule has 1 heterocycles. The maximum atomic E-state index is 12.8. The molecule has 3 rings (SSSR count). The van der Waals surface area contributed by atoms with Crippen molar-refractivity contribution < 1.29 is 9.21 Å². The lowest BCUT2D eigenvalue weighted by Crippen LogP contribution is -2.34. The second-order valence-corrected chi connectivity index (χ2v) is 6.33. The minimum absolute atomic E-state index is 0.0356. The van der Waals surface area contributed by atoms with Gasteiger partial charge in [-0.25, -0.2) is 4.79 Å². The molecular formula is C21H21N3O3. The maximum Gasteiger partial charge on any atom is 0.419 e. The number of fused-ring (bicyclic) bond motifs is 1. The van der Waals surface area contributed by atoms with E-state index in [1.54, 1.807) is 29.2 Å². The lowest BCUT2D eigenvalue weighted by atomic mass is 10.0. The van der Waals surface area contributed by atoms with Crippen molar-refractivity contribution in [2.24, 2.45) is 0 Å². The number of hydrogen-bond donors (Lipinski definition) is 0. The molecule has 0 fully saturated rings. The summed E-state index contributed by atoms with van der Waals surface area (Å²) in [6.07, 6.45) is 0.206. The lowest BCUT2D eigenvalue weighted by molar-refractivity contribution is -0.133. The molecule has 1 aromatic heterocycles. The number of para-hydroxylation sites is 2. The van der Waals surface area contributed by atoms with Crippen molar-refractivity contribution in [2.75, 3.05) is 6.54 Å². The van der Waals surface area contributed by atoms with Crippen molar-refractivity contribution in [3.8, 4) is 6.07 Å². The van der Waals surface area contributed by atoms with Crippen molar-refractivity contribution in [1.82, 2.24) is 9.47 Å². The number of aromatic nitrogens is 1. The van der Waals surface area contributed by atoms with E-state index >= 15 is 0 Å². The van der Waals surface area contributed by atoms with E-state index < -0.39 is 5.76 Å². The van der Waals surface area contributed by atoms with Gasteiger partial charge >= 0.3 is 5.76 Å². The molecule has 0 N–H and O–H groups in total. The van der Waals surface area contributed by atoms with Gasteiger partial charge in [-0.1, -0.05) is 24.3 Å². The average Bonchev–Trinajstić information content (AvgIpc) is 3.02. The van der Waals surface area contributed by atoms with Crippen LogP contribution in [0.5, 0.6) is 0 Å². The molecule has 0 spiro atoms. The molecule has 0 bridgehead atoms. The summed E-state index contributed by atoms with van der Waals surface area (Å²) >= 11 is 0. The Morgan fingerprint density at radius 1 is 1.22 bits per heavy atom. The van der Waals surface area contributed by atoms with E-state index in [1.165, 1.54) is 4.57 Å². The van der Waals surface area contributed by atoms with Gasteiger partial charge in [0, 0.05) is 19.5 Å². The van der Waals surface area contributed by atoms with Crippen LogP contribution >= 0.6 is 0 Å². The van der Waals surface area contributed by atoms with E-state index in [1.807, 2.05) is 38.1 Å². The third kappa shape index (κ3) is 3.77. The molecule has 6 nitrogen and oxygen atoms in total. The number of benzene rings is 2. The van der Waals surface area contributed by atoms with Gasteiger partial charge in [0.1, 0.15) is 0 Å². The van der Waals surface area contributed by atoms with E-state index in [0.29, 0.717) is 23.2 Å². The van der Waals surface area contributed by atoms with E-state index in [-0.39, 0.29) is 24.9 Å². The minimum Gasteiger partial charge on any atom is -0.408 e. The summed E-state index contributed by atoms with van der Waals surface area (Å²) in [7, 11) is 0. The van der Waals surface area contributed by atoms with Crippen LogP contribution in [0.15, 0.2) is 57.7 Å². The number of hydrogen-bond acceptors (Lipinski definition) is 4. The van der Waals surface area contributed by atoms with Crippen LogP contribution in [0, 0.1) is 11.3 Å². The molecule has 0 saturated heterocycles. The van der Waals surface area contributed by atoms with Gasteiger partial charge in [-0.15, -0.1) is 0 Å². The van der Waals surface area contributed by atoms with Gasteiger partial charge in [0.25, 0.3) is 0 Å². The smallest absolute Gasteiger partial charge is 0.408 e. The Morgan fingerprint density at radius 2 is 1.93 bits per heavy atom. The van der Waals surface area contributed by atoms with Crippen LogP contribution in [0.3, 0.4) is 0 Å². The van der Waals surface area contributed by atoms with Crippen LogP contribution in [0.4, 0.5) is 0 Å². The molecule has 1 unspecified atom stereocenters. The summed E-state index contributed by atoms with van der Waals surface area (Å²) in [6, 6.07) is 16.4. The Balaban J connectivity index is 1.73. The molecule has 0 aliphatic rings. The van der Waals surface area contributed by atoms with Gasteiger partial charge < -0.3 is 9.32 Å². The van der Waals surface area contributed by atoms with E-state index in [9.17, 15) is 9.59 Å². The Kier molecular flexibility index (Phi) is 5.41. The van der Waals surface area contributed by atoms with Gasteiger partial charge in [-0.3, -0.25) is 9.36 Å². The molecule has 1 amide bonds. The number of carbonyl (C=O) groups excluding carboxylic acids is 1. The topological polar surface area (TPSA) is 79.2 Å². The highest BCUT2D eigenvalue weighted by Crippen LogP contribution is 2.21. The molecule has 0 aliphatic carbocycles. The molecule has 138 valence electrons. The summed E-state index contributed by atoms with van der Waals surface area (Å²) in [5, 5.41) is 8.92. The predicted molar refractivity (Wildman–Crippen MR) is 102 cm³/mol. The summed E-state index contributed by atoms with van der Waals surface area (Å²) in [5.74, 6) is -0.487. The molecule has 0 radical (unpaired) electrons. The zero-order valence-electron chi connectivity index (χ0n) is 15.4. The fraction of sp³-hybridized carbons (Fsp3) is 0.286. The highest BCUT2D eigenvalue weighted by molar-refractivity contribution is 5.77. The summed E-state index contributed by atoms with van der Waals surface area (Å²) in [5.41, 5.74) is 2.77. The minimum atomic E-state index is -0.452. The number of nitrogens with zero attached hydrogens (tertiary/aromatic N) is 3. The first kappa shape index (κ1) is 18.5. The van der Waals surface area contributed by atoms with Crippen LogP contribution in [-0.4, -0.2) is 21.9 Å². The van der Waals surface area contributed by atoms with Gasteiger partial charge in [0.15, 0.2) is 5.58 Å². The summed E-state index contributed by atoms with van der Waals surface area (Å²) in [6.45, 7) is 4.71. The molecule has 6 heteroatoms. The fourth-order valence-corrected chi connectivity index (χ4v) is 3.26. The SMILES string of the molecule is CCN(C(=O)CCn1c(=O)oc2ccccc21)C(C)c1ccc(C#N)cc1. The summed E-state index contributed by atoms with van der Waals surface area (Å²) in [4.78, 5) is 26.6. The Hall–Kier alpha value is -3.33. The molecular weight excluding hydrogens is 342 g/mol. The lowest BCUT2D eigenvalue weighted by Gasteiger charge is -2.28. The van der Waals surface area contributed by atoms with Crippen LogP contribution < -0.4 is 5.76 Å². The Bertz CT molecular complexity index is 1040. The molecule has 27 heavy (non-hydrogen) atoms. The Morgan fingerprint density at radius 3 is 2.59 bits per heavy atom. The van der Waals surface area contributed by atoms with Gasteiger partial charge in [0.2, 0.25) is 5.91 Å². The van der Waals surface area contributed by atoms with Gasteiger partial charge in [-0.2, -0.15) is 5.26 Å². The van der Waals surface area contributed by atoms with Gasteiger partial charge in [0.05, 0.1) is 23.2 Å². The Labute approximate surface area is 157 Å². The molecule has 1 atom stereocenters. The zero-order chi connectivity index (χ0) is 19.4. The first-order valence-electron chi connectivity index (χ1n) is 8.93. The normalized spacial score (nSPS) is 11.9. The van der Waals surface area contributed by atoms with Crippen molar-refractivity contribution in [1.29, 1.82) is 5.26 Å². The molecule has 0 aliphatic heterocycles.